The Labute approximate surface area is 167 Å². The second kappa shape index (κ2) is 9.01. The Bertz CT molecular complexity index is 904. The number of carbonyl (C=O) groups excluding carboxylic acids is 1. The molecule has 1 amide bonds. The van der Waals surface area contributed by atoms with Gasteiger partial charge in [-0.3, -0.25) is 4.79 Å². The molecule has 3 aromatic rings. The highest BCUT2D eigenvalue weighted by atomic mass is 32.1. The largest absolute Gasteiger partial charge is 0.490 e. The molecule has 0 unspecified atom stereocenters. The van der Waals surface area contributed by atoms with Gasteiger partial charge in [-0.25, -0.2) is 4.98 Å². The summed E-state index contributed by atoms with van der Waals surface area (Å²) in [5.74, 6) is 1.08. The maximum atomic E-state index is 12.6. The number of amides is 1. The first-order valence-corrected chi connectivity index (χ1v) is 10.5. The van der Waals surface area contributed by atoms with Crippen LogP contribution < -0.4 is 14.8 Å². The van der Waals surface area contributed by atoms with Crippen molar-refractivity contribution < 1.29 is 14.3 Å². The summed E-state index contributed by atoms with van der Waals surface area (Å²) in [5.41, 5.74) is 1.49. The number of carbonyl (C=O) groups is 1. The molecule has 0 atom stereocenters. The summed E-state index contributed by atoms with van der Waals surface area (Å²) >= 11 is 3.28. The first kappa shape index (κ1) is 19.4. The summed E-state index contributed by atoms with van der Waals surface area (Å²) in [5, 5.41) is 6.00. The smallest absolute Gasteiger partial charge is 0.251 e. The molecule has 2 aromatic heterocycles. The number of ether oxygens (including phenoxy) is 2. The standard InChI is InChI=1S/C20H22N2O3S2/c1-4-24-15-9-8-14(11-16(15)25-5-2)19(23)21-12-18-13(3)22-20(27-18)17-7-6-10-26-17/h6-11H,4-5,12H2,1-3H3,(H,21,23). The molecule has 2 heterocycles. The van der Waals surface area contributed by atoms with Gasteiger partial charge in [0.05, 0.1) is 30.3 Å². The van der Waals surface area contributed by atoms with E-state index in [1.165, 1.54) is 0 Å². The molecule has 3 rings (SSSR count). The van der Waals surface area contributed by atoms with Crippen LogP contribution in [0.15, 0.2) is 35.7 Å². The fourth-order valence-corrected chi connectivity index (χ4v) is 4.35. The summed E-state index contributed by atoms with van der Waals surface area (Å²) in [6, 6.07) is 9.32. The van der Waals surface area contributed by atoms with Crippen molar-refractivity contribution in [3.63, 3.8) is 0 Å². The monoisotopic (exact) mass is 402 g/mol. The predicted molar refractivity (Wildman–Crippen MR) is 110 cm³/mol. The summed E-state index contributed by atoms with van der Waals surface area (Å²) in [4.78, 5) is 19.4. The lowest BCUT2D eigenvalue weighted by atomic mass is 10.2. The minimum absolute atomic E-state index is 0.149. The fraction of sp³-hybridized carbons (Fsp3) is 0.300. The van der Waals surface area contributed by atoms with Gasteiger partial charge in [-0.2, -0.15) is 0 Å². The lowest BCUT2D eigenvalue weighted by Gasteiger charge is -2.12. The van der Waals surface area contributed by atoms with Crippen molar-refractivity contribution in [2.24, 2.45) is 0 Å². The molecule has 27 heavy (non-hydrogen) atoms. The van der Waals surface area contributed by atoms with Crippen molar-refractivity contribution in [1.82, 2.24) is 10.3 Å². The van der Waals surface area contributed by atoms with Gasteiger partial charge < -0.3 is 14.8 Å². The van der Waals surface area contributed by atoms with Crippen molar-refractivity contribution in [2.45, 2.75) is 27.3 Å². The quantitative estimate of drug-likeness (QED) is 0.582. The topological polar surface area (TPSA) is 60.5 Å². The normalized spacial score (nSPS) is 10.6. The predicted octanol–water partition coefficient (Wildman–Crippen LogP) is 4.91. The third-order valence-electron chi connectivity index (χ3n) is 3.84. The number of benzene rings is 1. The van der Waals surface area contributed by atoms with E-state index < -0.39 is 0 Å². The molecule has 1 aromatic carbocycles. The van der Waals surface area contributed by atoms with Crippen molar-refractivity contribution in [3.8, 4) is 21.4 Å². The Hall–Kier alpha value is -2.38. The van der Waals surface area contributed by atoms with E-state index in [4.69, 9.17) is 9.47 Å². The second-order valence-electron chi connectivity index (χ2n) is 5.72. The molecule has 0 aliphatic heterocycles. The van der Waals surface area contributed by atoms with Gasteiger partial charge >= 0.3 is 0 Å². The highest BCUT2D eigenvalue weighted by Gasteiger charge is 2.14. The van der Waals surface area contributed by atoms with Gasteiger partial charge in [0, 0.05) is 10.4 Å². The lowest BCUT2D eigenvalue weighted by molar-refractivity contribution is 0.0950. The van der Waals surface area contributed by atoms with Crippen LogP contribution in [0.25, 0.3) is 9.88 Å². The molecule has 142 valence electrons. The van der Waals surface area contributed by atoms with E-state index in [1.54, 1.807) is 40.9 Å². The maximum absolute atomic E-state index is 12.6. The van der Waals surface area contributed by atoms with Crippen LogP contribution >= 0.6 is 22.7 Å². The fourth-order valence-electron chi connectivity index (χ4n) is 2.55. The number of nitrogens with zero attached hydrogens (tertiary/aromatic N) is 1. The number of hydrogen-bond acceptors (Lipinski definition) is 6. The molecule has 0 saturated carbocycles. The van der Waals surface area contributed by atoms with Gasteiger partial charge in [0.2, 0.25) is 0 Å². The van der Waals surface area contributed by atoms with Crippen LogP contribution in [-0.4, -0.2) is 24.1 Å². The molecule has 5 nitrogen and oxygen atoms in total. The Morgan fingerprint density at radius 1 is 1.15 bits per heavy atom. The zero-order valence-electron chi connectivity index (χ0n) is 15.6. The molecular formula is C20H22N2O3S2. The average Bonchev–Trinajstić information content (AvgIpc) is 3.31. The van der Waals surface area contributed by atoms with Crippen molar-refractivity contribution in [2.75, 3.05) is 13.2 Å². The summed E-state index contributed by atoms with van der Waals surface area (Å²) in [6.45, 7) is 7.29. The van der Waals surface area contributed by atoms with Gasteiger partial charge in [0.15, 0.2) is 11.5 Å². The molecule has 1 N–H and O–H groups in total. The van der Waals surface area contributed by atoms with Gasteiger partial charge in [0.25, 0.3) is 5.91 Å². The van der Waals surface area contributed by atoms with Crippen LogP contribution in [0.2, 0.25) is 0 Å². The SMILES string of the molecule is CCOc1ccc(C(=O)NCc2sc(-c3cccs3)nc2C)cc1OCC. The van der Waals surface area contributed by atoms with Gasteiger partial charge in [-0.15, -0.1) is 22.7 Å². The zero-order chi connectivity index (χ0) is 19.2. The number of thiazole rings is 1. The van der Waals surface area contributed by atoms with Crippen LogP contribution in [-0.2, 0) is 6.54 Å². The van der Waals surface area contributed by atoms with Crippen LogP contribution in [0.5, 0.6) is 11.5 Å². The molecule has 0 fully saturated rings. The van der Waals surface area contributed by atoms with E-state index in [2.05, 4.69) is 16.4 Å². The molecule has 0 saturated heterocycles. The Morgan fingerprint density at radius 2 is 1.93 bits per heavy atom. The number of rotatable bonds is 8. The summed E-state index contributed by atoms with van der Waals surface area (Å²) < 4.78 is 11.1. The lowest BCUT2D eigenvalue weighted by Crippen LogP contribution is -2.22. The molecule has 0 radical (unpaired) electrons. The highest BCUT2D eigenvalue weighted by Crippen LogP contribution is 2.31. The van der Waals surface area contributed by atoms with E-state index in [-0.39, 0.29) is 5.91 Å². The number of nitrogens with one attached hydrogen (secondary N) is 1. The van der Waals surface area contributed by atoms with Gasteiger partial charge in [0.1, 0.15) is 5.01 Å². The van der Waals surface area contributed by atoms with E-state index in [0.29, 0.717) is 36.8 Å². The van der Waals surface area contributed by atoms with Crippen molar-refractivity contribution >= 4 is 28.6 Å². The van der Waals surface area contributed by atoms with Gasteiger partial charge in [-0.1, -0.05) is 6.07 Å². The summed E-state index contributed by atoms with van der Waals surface area (Å²) in [7, 11) is 0. The zero-order valence-corrected chi connectivity index (χ0v) is 17.2. The first-order chi connectivity index (χ1) is 13.1. The number of aryl methyl sites for hydroxylation is 1. The number of aromatic nitrogens is 1. The van der Waals surface area contributed by atoms with Crippen molar-refractivity contribution in [3.05, 3.63) is 51.8 Å². The Morgan fingerprint density at radius 3 is 2.63 bits per heavy atom. The minimum atomic E-state index is -0.149. The van der Waals surface area contributed by atoms with E-state index in [9.17, 15) is 4.79 Å². The number of thiophene rings is 1. The molecule has 0 aliphatic rings. The first-order valence-electron chi connectivity index (χ1n) is 8.80. The number of hydrogen-bond donors (Lipinski definition) is 1. The highest BCUT2D eigenvalue weighted by molar-refractivity contribution is 7.21. The van der Waals surface area contributed by atoms with Crippen LogP contribution in [0.1, 0.15) is 34.8 Å². The third kappa shape index (κ3) is 4.67. The maximum Gasteiger partial charge on any atom is 0.251 e. The van der Waals surface area contributed by atoms with E-state index in [1.807, 2.05) is 32.2 Å². The van der Waals surface area contributed by atoms with E-state index in [0.717, 1.165) is 20.5 Å². The van der Waals surface area contributed by atoms with Crippen LogP contribution in [0.4, 0.5) is 0 Å². The Kier molecular flexibility index (Phi) is 6.47. The second-order valence-corrected chi connectivity index (χ2v) is 7.75. The van der Waals surface area contributed by atoms with Crippen LogP contribution in [0, 0.1) is 6.92 Å². The molecule has 0 aliphatic carbocycles. The average molecular weight is 403 g/mol. The minimum Gasteiger partial charge on any atom is -0.490 e. The molecule has 0 spiro atoms. The van der Waals surface area contributed by atoms with Crippen LogP contribution in [0.3, 0.4) is 0 Å². The Balaban J connectivity index is 1.70. The third-order valence-corrected chi connectivity index (χ3v) is 6.04. The van der Waals surface area contributed by atoms with Crippen molar-refractivity contribution in [1.29, 1.82) is 0 Å². The van der Waals surface area contributed by atoms with Gasteiger partial charge in [-0.05, 0) is 50.4 Å². The summed E-state index contributed by atoms with van der Waals surface area (Å²) in [6.07, 6.45) is 0. The molecule has 7 heteroatoms. The molecular weight excluding hydrogens is 380 g/mol. The van der Waals surface area contributed by atoms with E-state index >= 15 is 0 Å². The molecule has 0 bridgehead atoms.